The molecule has 0 bridgehead atoms. The van der Waals surface area contributed by atoms with Gasteiger partial charge in [0.25, 0.3) is 0 Å². The predicted octanol–water partition coefficient (Wildman–Crippen LogP) is 3.92. The monoisotopic (exact) mass is 300 g/mol. The van der Waals surface area contributed by atoms with Gasteiger partial charge in [0.2, 0.25) is 5.55 Å². The van der Waals surface area contributed by atoms with Crippen molar-refractivity contribution < 1.29 is 18.3 Å². The standard InChI is InChI=1S/C15H22F2O2Si/c1-5-19-14(18)13(15(16,17)20(2,3)4)11-12-9-7-6-8-10-12/h6-10,13H,5,11H2,1-4H3. The topological polar surface area (TPSA) is 26.3 Å². The molecular weight excluding hydrogens is 278 g/mol. The summed E-state index contributed by atoms with van der Waals surface area (Å²) in [6.07, 6.45) is 0.0109. The Balaban J connectivity index is 3.06. The highest BCUT2D eigenvalue weighted by atomic mass is 28.3. The minimum Gasteiger partial charge on any atom is -0.466 e. The molecule has 0 aliphatic heterocycles. The summed E-state index contributed by atoms with van der Waals surface area (Å²) in [5.41, 5.74) is -2.28. The van der Waals surface area contributed by atoms with E-state index in [1.54, 1.807) is 50.8 Å². The summed E-state index contributed by atoms with van der Waals surface area (Å²) in [5.74, 6) is -2.21. The summed E-state index contributed by atoms with van der Waals surface area (Å²) in [5, 5.41) is 0. The molecule has 1 unspecified atom stereocenters. The number of benzene rings is 1. The third kappa shape index (κ3) is 3.88. The molecule has 0 spiro atoms. The van der Waals surface area contributed by atoms with Crippen LogP contribution in [0, 0.1) is 5.92 Å². The molecule has 0 aromatic heterocycles. The second kappa shape index (κ2) is 6.48. The van der Waals surface area contributed by atoms with E-state index < -0.39 is 25.5 Å². The normalized spacial score (nSPS) is 13.9. The van der Waals surface area contributed by atoms with Gasteiger partial charge in [0.15, 0.2) is 0 Å². The van der Waals surface area contributed by atoms with Gasteiger partial charge in [0, 0.05) is 0 Å². The first kappa shape index (κ1) is 16.8. The summed E-state index contributed by atoms with van der Waals surface area (Å²) in [6.45, 7) is 6.47. The Kier molecular flexibility index (Phi) is 5.45. The fraction of sp³-hybridized carbons (Fsp3) is 0.533. The number of halogens is 2. The smallest absolute Gasteiger partial charge is 0.314 e. The zero-order valence-electron chi connectivity index (χ0n) is 12.5. The fourth-order valence-electron chi connectivity index (χ4n) is 1.97. The molecule has 0 saturated heterocycles. The van der Waals surface area contributed by atoms with Crippen LogP contribution in [0.1, 0.15) is 12.5 Å². The van der Waals surface area contributed by atoms with E-state index in [9.17, 15) is 13.6 Å². The first-order valence-corrected chi connectivity index (χ1v) is 10.3. The Bertz CT molecular complexity index is 441. The summed E-state index contributed by atoms with van der Waals surface area (Å²) in [6, 6.07) is 8.90. The molecular formula is C15H22F2O2Si. The van der Waals surface area contributed by atoms with Gasteiger partial charge in [-0.15, -0.1) is 0 Å². The highest BCUT2D eigenvalue weighted by Crippen LogP contribution is 2.37. The number of esters is 1. The third-order valence-corrected chi connectivity index (χ3v) is 5.64. The first-order chi connectivity index (χ1) is 9.20. The largest absolute Gasteiger partial charge is 0.466 e. The second-order valence-electron chi connectivity index (χ2n) is 5.87. The van der Waals surface area contributed by atoms with E-state index in [4.69, 9.17) is 4.74 Å². The molecule has 0 saturated carbocycles. The molecule has 0 N–H and O–H groups in total. The lowest BCUT2D eigenvalue weighted by molar-refractivity contribution is -0.156. The fourth-order valence-corrected chi connectivity index (χ4v) is 3.24. The van der Waals surface area contributed by atoms with E-state index >= 15 is 0 Å². The molecule has 1 rings (SSSR count). The molecule has 1 atom stereocenters. The van der Waals surface area contributed by atoms with Crippen molar-refractivity contribution in [2.24, 2.45) is 5.92 Å². The van der Waals surface area contributed by atoms with Crippen LogP contribution < -0.4 is 0 Å². The van der Waals surface area contributed by atoms with Crippen LogP contribution in [0.2, 0.25) is 19.6 Å². The van der Waals surface area contributed by atoms with Gasteiger partial charge in [-0.05, 0) is 18.9 Å². The van der Waals surface area contributed by atoms with E-state index in [2.05, 4.69) is 0 Å². The average Bonchev–Trinajstić information content (AvgIpc) is 2.36. The van der Waals surface area contributed by atoms with Crippen molar-refractivity contribution in [3.63, 3.8) is 0 Å². The van der Waals surface area contributed by atoms with Crippen LogP contribution in [0.4, 0.5) is 8.78 Å². The summed E-state index contributed by atoms with van der Waals surface area (Å²) in [7, 11) is -2.83. The third-order valence-electron chi connectivity index (χ3n) is 3.29. The van der Waals surface area contributed by atoms with Crippen molar-refractivity contribution in [1.82, 2.24) is 0 Å². The van der Waals surface area contributed by atoms with E-state index in [1.807, 2.05) is 6.07 Å². The predicted molar refractivity (Wildman–Crippen MR) is 78.6 cm³/mol. The van der Waals surface area contributed by atoms with Gasteiger partial charge in [0.05, 0.1) is 6.61 Å². The lowest BCUT2D eigenvalue weighted by atomic mass is 9.99. The Labute approximate surface area is 120 Å². The molecule has 1 aromatic carbocycles. The number of alkyl halides is 2. The highest BCUT2D eigenvalue weighted by molar-refractivity contribution is 6.78. The zero-order chi connectivity index (χ0) is 15.4. The van der Waals surface area contributed by atoms with Crippen molar-refractivity contribution >= 4 is 14.0 Å². The van der Waals surface area contributed by atoms with Crippen molar-refractivity contribution in [2.75, 3.05) is 6.61 Å². The Hall–Kier alpha value is -1.23. The van der Waals surface area contributed by atoms with Crippen molar-refractivity contribution in [1.29, 1.82) is 0 Å². The first-order valence-electron chi connectivity index (χ1n) is 6.78. The van der Waals surface area contributed by atoms with Gasteiger partial charge in [-0.3, -0.25) is 4.79 Å². The SMILES string of the molecule is CCOC(=O)C(Cc1ccccc1)C(F)(F)[Si](C)(C)C. The molecule has 5 heteroatoms. The van der Waals surface area contributed by atoms with Gasteiger partial charge >= 0.3 is 5.97 Å². The van der Waals surface area contributed by atoms with Gasteiger partial charge < -0.3 is 4.74 Å². The Morgan fingerprint density at radius 2 is 1.80 bits per heavy atom. The molecule has 2 nitrogen and oxygen atoms in total. The molecule has 1 aromatic rings. The quantitative estimate of drug-likeness (QED) is 0.588. The maximum Gasteiger partial charge on any atom is 0.314 e. The average molecular weight is 300 g/mol. The maximum absolute atomic E-state index is 14.6. The van der Waals surface area contributed by atoms with E-state index in [0.29, 0.717) is 0 Å². The summed E-state index contributed by atoms with van der Waals surface area (Å²) in [4.78, 5) is 12.0. The minimum atomic E-state index is -3.00. The lowest BCUT2D eigenvalue weighted by Gasteiger charge is -2.34. The van der Waals surface area contributed by atoms with Crippen LogP contribution in [-0.2, 0) is 16.0 Å². The molecule has 0 fully saturated rings. The van der Waals surface area contributed by atoms with E-state index in [-0.39, 0.29) is 13.0 Å². The Morgan fingerprint density at radius 3 is 2.25 bits per heavy atom. The molecule has 0 aliphatic carbocycles. The van der Waals surface area contributed by atoms with Crippen molar-refractivity contribution in [2.45, 2.75) is 38.5 Å². The van der Waals surface area contributed by atoms with Crippen LogP contribution in [0.25, 0.3) is 0 Å². The van der Waals surface area contributed by atoms with Crippen LogP contribution in [-0.4, -0.2) is 26.2 Å². The molecule has 20 heavy (non-hydrogen) atoms. The molecule has 112 valence electrons. The van der Waals surface area contributed by atoms with Crippen LogP contribution in [0.5, 0.6) is 0 Å². The van der Waals surface area contributed by atoms with Gasteiger partial charge in [0.1, 0.15) is 14.0 Å². The van der Waals surface area contributed by atoms with E-state index in [0.717, 1.165) is 5.56 Å². The van der Waals surface area contributed by atoms with Crippen molar-refractivity contribution in [3.05, 3.63) is 35.9 Å². The number of rotatable bonds is 6. The van der Waals surface area contributed by atoms with Crippen LogP contribution in [0.15, 0.2) is 30.3 Å². The number of hydrogen-bond acceptors (Lipinski definition) is 2. The molecule has 0 heterocycles. The Morgan fingerprint density at radius 1 is 1.25 bits per heavy atom. The number of carbonyl (C=O) groups excluding carboxylic acids is 1. The number of carbonyl (C=O) groups is 1. The maximum atomic E-state index is 14.6. The highest BCUT2D eigenvalue weighted by Gasteiger charge is 2.54. The minimum absolute atomic E-state index is 0.0109. The number of hydrogen-bond donors (Lipinski definition) is 0. The lowest BCUT2D eigenvalue weighted by Crippen LogP contribution is -2.54. The molecule has 0 amide bonds. The second-order valence-corrected chi connectivity index (χ2v) is 11.0. The van der Waals surface area contributed by atoms with E-state index in [1.165, 1.54) is 0 Å². The van der Waals surface area contributed by atoms with Gasteiger partial charge in [-0.25, -0.2) is 8.78 Å². The van der Waals surface area contributed by atoms with Gasteiger partial charge in [-0.2, -0.15) is 0 Å². The summed E-state index contributed by atoms with van der Waals surface area (Å²) < 4.78 is 34.1. The zero-order valence-corrected chi connectivity index (χ0v) is 13.5. The molecule has 0 aliphatic rings. The number of ether oxygens (including phenoxy) is 1. The van der Waals surface area contributed by atoms with Gasteiger partial charge in [-0.1, -0.05) is 50.0 Å². The van der Waals surface area contributed by atoms with Crippen molar-refractivity contribution in [3.8, 4) is 0 Å². The van der Waals surface area contributed by atoms with Crippen LogP contribution >= 0.6 is 0 Å². The summed E-state index contributed by atoms with van der Waals surface area (Å²) >= 11 is 0. The van der Waals surface area contributed by atoms with Crippen LogP contribution in [0.3, 0.4) is 0 Å². The molecule has 0 radical (unpaired) electrons.